The van der Waals surface area contributed by atoms with Gasteiger partial charge in [0.1, 0.15) is 0 Å². The van der Waals surface area contributed by atoms with Gasteiger partial charge in [-0.25, -0.2) is 0 Å². The van der Waals surface area contributed by atoms with Gasteiger partial charge in [0.2, 0.25) is 0 Å². The van der Waals surface area contributed by atoms with E-state index in [2.05, 4.69) is 18.2 Å². The van der Waals surface area contributed by atoms with Crippen LogP contribution in [0.2, 0.25) is 0 Å². The Morgan fingerprint density at radius 1 is 1.07 bits per heavy atom. The van der Waals surface area contributed by atoms with Crippen molar-refractivity contribution in [2.75, 3.05) is 0 Å². The van der Waals surface area contributed by atoms with Crippen molar-refractivity contribution in [3.05, 3.63) is 59.5 Å². The molecule has 0 aliphatic heterocycles. The van der Waals surface area contributed by atoms with Gasteiger partial charge in [-0.1, -0.05) is 55.5 Å². The molecule has 73 valence electrons. The van der Waals surface area contributed by atoms with Crippen LogP contribution in [0.1, 0.15) is 12.5 Å². The van der Waals surface area contributed by atoms with Gasteiger partial charge in [0.05, 0.1) is 0 Å². The average Bonchev–Trinajstić information content (AvgIpc) is 2.18. The molecule has 2 aromatic rings. The summed E-state index contributed by atoms with van der Waals surface area (Å²) in [6.45, 7) is 1.79. The third kappa shape index (κ3) is 3.06. The number of hydrogen-bond acceptors (Lipinski definition) is 0. The number of nitrogens with one attached hydrogen (secondary N) is 1. The fourth-order valence-corrected chi connectivity index (χ4v) is 1.61. The fourth-order valence-electron chi connectivity index (χ4n) is 1.61. The van der Waals surface area contributed by atoms with E-state index in [1.807, 2.05) is 30.3 Å². The van der Waals surface area contributed by atoms with Gasteiger partial charge in [0.15, 0.2) is 0 Å². The molecule has 0 aliphatic carbocycles. The number of benzene rings is 2. The quantitative estimate of drug-likeness (QED) is 0.673. The van der Waals surface area contributed by atoms with Crippen LogP contribution < -0.4 is 0 Å². The monoisotopic (exact) mass is 409 g/mol. The van der Waals surface area contributed by atoms with Gasteiger partial charge < -0.3 is 5.73 Å². The standard InChI is InChI=1S/C13H12N.Ac/c1-10(14)9-12-7-4-6-11-5-2-3-8-13(11)12;/h2-9,14H,1H3;/q-1;/b10-9-;. The van der Waals surface area contributed by atoms with Crippen molar-refractivity contribution < 1.29 is 44.1 Å². The first-order valence-corrected chi connectivity index (χ1v) is 4.65. The zero-order valence-corrected chi connectivity index (χ0v) is 13.4. The summed E-state index contributed by atoms with van der Waals surface area (Å²) in [5, 5.41) is 2.43. The first-order valence-electron chi connectivity index (χ1n) is 4.65. The molecule has 2 rings (SSSR count). The zero-order valence-electron chi connectivity index (χ0n) is 8.70. The van der Waals surface area contributed by atoms with Gasteiger partial charge in [0, 0.05) is 44.1 Å². The van der Waals surface area contributed by atoms with Crippen molar-refractivity contribution in [3.8, 4) is 0 Å². The Morgan fingerprint density at radius 2 is 1.73 bits per heavy atom. The molecule has 0 atom stereocenters. The predicted octanol–water partition coefficient (Wildman–Crippen LogP) is 4.25. The van der Waals surface area contributed by atoms with Crippen LogP contribution in [0.25, 0.3) is 22.6 Å². The van der Waals surface area contributed by atoms with Crippen molar-refractivity contribution in [2.24, 2.45) is 0 Å². The van der Waals surface area contributed by atoms with Gasteiger partial charge in [-0.15, -0.1) is 0 Å². The smallest absolute Gasteiger partial charge is 0 e. The Labute approximate surface area is 126 Å². The van der Waals surface area contributed by atoms with Crippen LogP contribution in [0.5, 0.6) is 0 Å². The molecule has 0 aliphatic rings. The summed E-state index contributed by atoms with van der Waals surface area (Å²) < 4.78 is 0. The van der Waals surface area contributed by atoms with Crippen LogP contribution in [0.4, 0.5) is 0 Å². The molecule has 2 heteroatoms. The van der Waals surface area contributed by atoms with Crippen LogP contribution in [-0.4, -0.2) is 0 Å². The van der Waals surface area contributed by atoms with Crippen molar-refractivity contribution in [3.63, 3.8) is 0 Å². The Morgan fingerprint density at radius 3 is 2.47 bits per heavy atom. The van der Waals surface area contributed by atoms with Crippen LogP contribution in [-0.2, 0) is 0 Å². The average molecular weight is 409 g/mol. The van der Waals surface area contributed by atoms with Crippen molar-refractivity contribution >= 4 is 16.8 Å². The second-order valence-electron chi connectivity index (χ2n) is 3.40. The summed E-state index contributed by atoms with van der Waals surface area (Å²) in [7, 11) is 0. The molecule has 1 radical (unpaired) electrons. The van der Waals surface area contributed by atoms with E-state index in [9.17, 15) is 0 Å². The Bertz CT molecular complexity index is 479. The van der Waals surface area contributed by atoms with Gasteiger partial charge in [0.25, 0.3) is 0 Å². The molecule has 1 N–H and O–H groups in total. The number of rotatable bonds is 1. The van der Waals surface area contributed by atoms with E-state index in [0.29, 0.717) is 5.70 Å². The summed E-state index contributed by atoms with van der Waals surface area (Å²) in [5.41, 5.74) is 9.16. The molecule has 0 bridgehead atoms. The third-order valence-corrected chi connectivity index (χ3v) is 2.20. The van der Waals surface area contributed by atoms with E-state index in [0.717, 1.165) is 5.56 Å². The molecule has 0 saturated heterocycles. The van der Waals surface area contributed by atoms with E-state index in [4.69, 9.17) is 5.73 Å². The molecule has 0 aromatic heterocycles. The maximum absolute atomic E-state index is 7.45. The normalized spacial score (nSPS) is 11.1. The minimum Gasteiger partial charge on any atom is -0.702 e. The summed E-state index contributed by atoms with van der Waals surface area (Å²) in [6, 6.07) is 14.4. The maximum atomic E-state index is 7.45. The van der Waals surface area contributed by atoms with Gasteiger partial charge in [-0.3, -0.25) is 0 Å². The fraction of sp³-hybridized carbons (Fsp3) is 0.0769. The van der Waals surface area contributed by atoms with Crippen LogP contribution in [0.3, 0.4) is 0 Å². The molecule has 0 heterocycles. The van der Waals surface area contributed by atoms with Crippen molar-refractivity contribution in [1.82, 2.24) is 0 Å². The Balaban J connectivity index is 0.00000112. The summed E-state index contributed by atoms with van der Waals surface area (Å²) >= 11 is 0. The van der Waals surface area contributed by atoms with E-state index >= 15 is 0 Å². The second-order valence-corrected chi connectivity index (χ2v) is 3.40. The molecule has 1 nitrogen and oxygen atoms in total. The van der Waals surface area contributed by atoms with Gasteiger partial charge >= 0.3 is 0 Å². The molecule has 0 amide bonds. The third-order valence-electron chi connectivity index (χ3n) is 2.20. The Kier molecular flexibility index (Phi) is 4.83. The molecule has 0 unspecified atom stereocenters. The summed E-state index contributed by atoms with van der Waals surface area (Å²) in [4.78, 5) is 0. The van der Waals surface area contributed by atoms with Gasteiger partial charge in [-0.2, -0.15) is 5.70 Å². The second kappa shape index (κ2) is 5.68. The van der Waals surface area contributed by atoms with Crippen LogP contribution in [0, 0.1) is 44.1 Å². The predicted molar refractivity (Wildman–Crippen MR) is 61.9 cm³/mol. The van der Waals surface area contributed by atoms with Crippen molar-refractivity contribution in [1.29, 1.82) is 0 Å². The topological polar surface area (TPSA) is 23.8 Å². The molecule has 15 heavy (non-hydrogen) atoms. The first-order chi connectivity index (χ1) is 6.77. The number of hydrogen-bond donors (Lipinski definition) is 0. The number of fused-ring (bicyclic) bond motifs is 1. The zero-order chi connectivity index (χ0) is 9.97. The van der Waals surface area contributed by atoms with E-state index in [-0.39, 0.29) is 44.1 Å². The van der Waals surface area contributed by atoms with Crippen LogP contribution >= 0.6 is 0 Å². The van der Waals surface area contributed by atoms with E-state index in [1.54, 1.807) is 6.92 Å². The maximum Gasteiger partial charge on any atom is 0 e. The van der Waals surface area contributed by atoms with Gasteiger partial charge in [-0.05, 0) is 16.3 Å². The van der Waals surface area contributed by atoms with E-state index < -0.39 is 0 Å². The van der Waals surface area contributed by atoms with Crippen molar-refractivity contribution in [2.45, 2.75) is 6.92 Å². The molecule has 2 aromatic carbocycles. The molecule has 0 spiro atoms. The number of allylic oxidation sites excluding steroid dienone is 1. The summed E-state index contributed by atoms with van der Waals surface area (Å²) in [5.74, 6) is 0. The van der Waals surface area contributed by atoms with E-state index in [1.165, 1.54) is 10.8 Å². The Hall–Kier alpha value is -0.318. The minimum absolute atomic E-state index is 0. The molecular formula is C13H12AcN-. The molecule has 0 saturated carbocycles. The SMILES string of the molecule is C/C([NH-])=C/c1cccc2ccccc12.[Ac]. The van der Waals surface area contributed by atoms with Crippen LogP contribution in [0.15, 0.2) is 48.2 Å². The summed E-state index contributed by atoms with van der Waals surface area (Å²) in [6.07, 6.45) is 1.89. The molecular weight excluding hydrogens is 397 g/mol. The minimum atomic E-state index is 0. The molecule has 0 fully saturated rings. The first kappa shape index (κ1) is 12.7. The largest absolute Gasteiger partial charge is 0.702 e.